The Morgan fingerprint density at radius 2 is 1.69 bits per heavy atom. The zero-order chi connectivity index (χ0) is 12.7. The number of Topliss-reactive ketones (excluding diaryl/α,β-unsaturated/α-hetero) is 1. The second kappa shape index (κ2) is 6.95. The minimum atomic E-state index is -1.82. The highest BCUT2D eigenvalue weighted by molar-refractivity contribution is 6.27. The van der Waals surface area contributed by atoms with Crippen LogP contribution in [0.2, 0.25) is 0 Å². The van der Waals surface area contributed by atoms with Gasteiger partial charge in [0, 0.05) is 6.42 Å². The molecule has 16 heavy (non-hydrogen) atoms. The average Bonchev–Trinajstić information content (AvgIpc) is 2.18. The zero-order valence-corrected chi connectivity index (χ0v) is 9.47. The summed E-state index contributed by atoms with van der Waals surface area (Å²) >= 11 is 0. The summed E-state index contributed by atoms with van der Waals surface area (Å²) in [5.41, 5.74) is 0. The van der Waals surface area contributed by atoms with Crippen LogP contribution in [-0.4, -0.2) is 53.0 Å². The van der Waals surface area contributed by atoms with Gasteiger partial charge in [0.2, 0.25) is 0 Å². The van der Waals surface area contributed by atoms with Gasteiger partial charge in [-0.1, -0.05) is 6.42 Å². The van der Waals surface area contributed by atoms with Gasteiger partial charge in [-0.2, -0.15) is 0 Å². The Kier molecular flexibility index (Phi) is 6.32. The Morgan fingerprint density at radius 3 is 1.94 bits per heavy atom. The van der Waals surface area contributed by atoms with Crippen molar-refractivity contribution in [1.29, 1.82) is 0 Å². The van der Waals surface area contributed by atoms with E-state index < -0.39 is 11.9 Å². The van der Waals surface area contributed by atoms with Crippen molar-refractivity contribution in [2.45, 2.75) is 31.7 Å². The van der Waals surface area contributed by atoms with Gasteiger partial charge in [0.1, 0.15) is 5.78 Å². The highest BCUT2D eigenvalue weighted by atomic mass is 16.4. The van der Waals surface area contributed by atoms with Crippen LogP contribution in [0.5, 0.6) is 0 Å². The fourth-order valence-electron chi connectivity index (χ4n) is 1.51. The van der Waals surface area contributed by atoms with E-state index in [2.05, 4.69) is 0 Å². The van der Waals surface area contributed by atoms with Crippen molar-refractivity contribution in [3.05, 3.63) is 0 Å². The van der Waals surface area contributed by atoms with Crippen molar-refractivity contribution in [1.82, 2.24) is 4.90 Å². The summed E-state index contributed by atoms with van der Waals surface area (Å²) in [5, 5.41) is 14.8. The first-order valence-electron chi connectivity index (χ1n) is 5.01. The molecule has 1 fully saturated rings. The number of likely N-dealkylation sites (N-methyl/N-ethyl adjacent to an activating group) is 1. The Balaban J connectivity index is 0.000000325. The lowest BCUT2D eigenvalue weighted by molar-refractivity contribution is -0.159. The van der Waals surface area contributed by atoms with E-state index in [9.17, 15) is 4.79 Å². The van der Waals surface area contributed by atoms with E-state index in [0.717, 1.165) is 19.3 Å². The highest BCUT2D eigenvalue weighted by Crippen LogP contribution is 2.17. The summed E-state index contributed by atoms with van der Waals surface area (Å²) < 4.78 is 0. The summed E-state index contributed by atoms with van der Waals surface area (Å²) in [7, 11) is 3.96. The molecule has 1 unspecified atom stereocenters. The van der Waals surface area contributed by atoms with Crippen molar-refractivity contribution in [2.24, 2.45) is 0 Å². The second-order valence-electron chi connectivity index (χ2n) is 3.80. The van der Waals surface area contributed by atoms with E-state index in [1.54, 1.807) is 0 Å². The molecule has 0 aromatic carbocycles. The number of ketones is 1. The highest BCUT2D eigenvalue weighted by Gasteiger charge is 2.23. The molecule has 0 heterocycles. The van der Waals surface area contributed by atoms with Crippen molar-refractivity contribution < 1.29 is 24.6 Å². The minimum Gasteiger partial charge on any atom is -0.473 e. The van der Waals surface area contributed by atoms with Gasteiger partial charge in [-0.15, -0.1) is 0 Å². The van der Waals surface area contributed by atoms with Gasteiger partial charge >= 0.3 is 11.9 Å². The second-order valence-corrected chi connectivity index (χ2v) is 3.80. The molecule has 0 saturated heterocycles. The van der Waals surface area contributed by atoms with Gasteiger partial charge in [0.05, 0.1) is 6.04 Å². The Hall–Kier alpha value is -1.43. The Morgan fingerprint density at radius 1 is 1.19 bits per heavy atom. The quantitative estimate of drug-likeness (QED) is 0.627. The first-order chi connectivity index (χ1) is 7.36. The maximum Gasteiger partial charge on any atom is 0.414 e. The van der Waals surface area contributed by atoms with Gasteiger partial charge in [0.15, 0.2) is 0 Å². The molecule has 0 aromatic heterocycles. The third-order valence-corrected chi connectivity index (χ3v) is 2.33. The molecule has 0 amide bonds. The molecule has 6 nitrogen and oxygen atoms in total. The van der Waals surface area contributed by atoms with Gasteiger partial charge in [-0.25, -0.2) is 9.59 Å². The molecule has 1 saturated carbocycles. The molecular formula is C10H17NO5. The molecule has 0 spiro atoms. The van der Waals surface area contributed by atoms with E-state index in [-0.39, 0.29) is 6.04 Å². The number of carbonyl (C=O) groups is 3. The summed E-state index contributed by atoms with van der Waals surface area (Å²) in [6.45, 7) is 0. The number of carboxylic acid groups (broad SMARTS) is 2. The maximum absolute atomic E-state index is 11.2. The topological polar surface area (TPSA) is 94.9 Å². The molecule has 92 valence electrons. The Bertz CT molecular complexity index is 262. The number of carbonyl (C=O) groups excluding carboxylic acids is 1. The first kappa shape index (κ1) is 14.6. The van der Waals surface area contributed by atoms with E-state index in [1.807, 2.05) is 19.0 Å². The summed E-state index contributed by atoms with van der Waals surface area (Å²) in [6, 6.07) is 0.216. The molecule has 0 radical (unpaired) electrons. The van der Waals surface area contributed by atoms with Crippen LogP contribution in [0.15, 0.2) is 0 Å². The molecule has 1 aliphatic carbocycles. The SMILES string of the molecule is CN(C)C1CCCCC1=O.O=C(O)C(=O)O. The van der Waals surface area contributed by atoms with E-state index >= 15 is 0 Å². The number of hydrogen-bond donors (Lipinski definition) is 2. The molecule has 0 aliphatic heterocycles. The Labute approximate surface area is 93.9 Å². The minimum absolute atomic E-state index is 0.216. The van der Waals surface area contributed by atoms with E-state index in [1.165, 1.54) is 6.42 Å². The molecule has 1 aliphatic rings. The van der Waals surface area contributed by atoms with Gasteiger partial charge in [0.25, 0.3) is 0 Å². The van der Waals surface area contributed by atoms with Crippen LogP contribution < -0.4 is 0 Å². The maximum atomic E-state index is 11.2. The number of carboxylic acids is 2. The average molecular weight is 231 g/mol. The molecule has 0 aromatic rings. The lowest BCUT2D eigenvalue weighted by Crippen LogP contribution is -2.37. The van der Waals surface area contributed by atoms with Crippen LogP contribution in [0.4, 0.5) is 0 Å². The van der Waals surface area contributed by atoms with Crippen molar-refractivity contribution in [3.8, 4) is 0 Å². The van der Waals surface area contributed by atoms with Gasteiger partial charge in [-0.05, 0) is 26.9 Å². The summed E-state index contributed by atoms with van der Waals surface area (Å²) in [6.07, 6.45) is 4.17. The molecule has 6 heteroatoms. The van der Waals surface area contributed by atoms with E-state index in [0.29, 0.717) is 5.78 Å². The molecular weight excluding hydrogens is 214 g/mol. The van der Waals surface area contributed by atoms with Gasteiger partial charge < -0.3 is 10.2 Å². The molecule has 0 bridgehead atoms. The number of rotatable bonds is 1. The van der Waals surface area contributed by atoms with Crippen molar-refractivity contribution in [2.75, 3.05) is 14.1 Å². The van der Waals surface area contributed by atoms with Gasteiger partial charge in [-0.3, -0.25) is 9.69 Å². The van der Waals surface area contributed by atoms with Crippen LogP contribution >= 0.6 is 0 Å². The normalized spacial score (nSPS) is 19.9. The predicted octanol–water partition coefficient (Wildman–Crippen LogP) is 0.215. The monoisotopic (exact) mass is 231 g/mol. The van der Waals surface area contributed by atoms with Crippen LogP contribution in [0, 0.1) is 0 Å². The van der Waals surface area contributed by atoms with Crippen LogP contribution in [-0.2, 0) is 14.4 Å². The van der Waals surface area contributed by atoms with Crippen molar-refractivity contribution >= 4 is 17.7 Å². The third kappa shape index (κ3) is 5.45. The lowest BCUT2D eigenvalue weighted by Gasteiger charge is -2.26. The van der Waals surface area contributed by atoms with Crippen molar-refractivity contribution in [3.63, 3.8) is 0 Å². The third-order valence-electron chi connectivity index (χ3n) is 2.33. The van der Waals surface area contributed by atoms with E-state index in [4.69, 9.17) is 19.8 Å². The number of nitrogens with zero attached hydrogens (tertiary/aromatic N) is 1. The summed E-state index contributed by atoms with van der Waals surface area (Å²) in [4.78, 5) is 31.4. The zero-order valence-electron chi connectivity index (χ0n) is 9.47. The molecule has 1 atom stereocenters. The largest absolute Gasteiger partial charge is 0.473 e. The molecule has 1 rings (SSSR count). The number of hydrogen-bond acceptors (Lipinski definition) is 4. The van der Waals surface area contributed by atoms with Crippen LogP contribution in [0.3, 0.4) is 0 Å². The summed E-state index contributed by atoms with van der Waals surface area (Å²) in [5.74, 6) is -3.22. The fraction of sp³-hybridized carbons (Fsp3) is 0.700. The fourth-order valence-corrected chi connectivity index (χ4v) is 1.51. The first-order valence-corrected chi connectivity index (χ1v) is 5.01. The molecule has 2 N–H and O–H groups in total. The smallest absolute Gasteiger partial charge is 0.414 e. The predicted molar refractivity (Wildman–Crippen MR) is 56.2 cm³/mol. The van der Waals surface area contributed by atoms with Crippen LogP contribution in [0.25, 0.3) is 0 Å². The standard InChI is InChI=1S/C8H15NO.C2H2O4/c1-9(2)7-5-3-4-6-8(7)10;3-1(4)2(5)6/h7H,3-6H2,1-2H3;(H,3,4)(H,5,6). The van der Waals surface area contributed by atoms with Crippen LogP contribution in [0.1, 0.15) is 25.7 Å². The lowest BCUT2D eigenvalue weighted by atomic mass is 9.93. The number of aliphatic carboxylic acids is 2.